The van der Waals surface area contributed by atoms with Crippen molar-refractivity contribution in [3.63, 3.8) is 0 Å². The van der Waals surface area contributed by atoms with E-state index in [1.165, 1.54) is 4.90 Å². The Morgan fingerprint density at radius 2 is 1.47 bits per heavy atom. The third-order valence-electron chi connectivity index (χ3n) is 5.51. The van der Waals surface area contributed by atoms with Gasteiger partial charge in [-0.25, -0.2) is 9.97 Å². The Kier molecular flexibility index (Phi) is 5.65. The molecule has 0 bridgehead atoms. The van der Waals surface area contributed by atoms with Gasteiger partial charge >= 0.3 is 0 Å². The Morgan fingerprint density at radius 3 is 2.22 bits per heavy atom. The monoisotopic (exact) mass is 437 g/mol. The van der Waals surface area contributed by atoms with Crippen molar-refractivity contribution in [2.75, 3.05) is 6.26 Å². The van der Waals surface area contributed by atoms with Gasteiger partial charge in [0.1, 0.15) is 5.69 Å². The predicted octanol–water partition coefficient (Wildman–Crippen LogP) is 6.01. The van der Waals surface area contributed by atoms with E-state index in [-0.39, 0.29) is 5.88 Å². The molecule has 0 aliphatic carbocycles. The number of rotatable bonds is 6. The molecular formula is C27H23N3OS. The zero-order chi connectivity index (χ0) is 21.9. The molecule has 158 valence electrons. The van der Waals surface area contributed by atoms with Gasteiger partial charge in [0.15, 0.2) is 5.65 Å². The molecule has 0 spiro atoms. The van der Waals surface area contributed by atoms with Crippen LogP contribution in [0.1, 0.15) is 22.5 Å². The number of benzene rings is 3. The Bertz CT molecular complexity index is 1360. The molecule has 0 saturated heterocycles. The summed E-state index contributed by atoms with van der Waals surface area (Å²) >= 11 is 1.71. The molecule has 0 atom stereocenters. The van der Waals surface area contributed by atoms with Gasteiger partial charge in [0.2, 0.25) is 5.88 Å². The maximum absolute atomic E-state index is 11.1. The fourth-order valence-corrected chi connectivity index (χ4v) is 4.38. The predicted molar refractivity (Wildman–Crippen MR) is 130 cm³/mol. The van der Waals surface area contributed by atoms with Gasteiger partial charge in [-0.3, -0.25) is 4.40 Å². The van der Waals surface area contributed by atoms with Crippen LogP contribution < -0.4 is 0 Å². The van der Waals surface area contributed by atoms with Crippen LogP contribution >= 0.6 is 11.8 Å². The summed E-state index contributed by atoms with van der Waals surface area (Å²) in [5.74, 6) is 0.170. The molecule has 2 aromatic heterocycles. The van der Waals surface area contributed by atoms with Crippen LogP contribution in [0, 0.1) is 0 Å². The van der Waals surface area contributed by atoms with Crippen LogP contribution in [0.4, 0.5) is 0 Å². The van der Waals surface area contributed by atoms with Crippen LogP contribution in [-0.4, -0.2) is 25.7 Å². The van der Waals surface area contributed by atoms with Crippen LogP contribution in [0.25, 0.3) is 16.9 Å². The summed E-state index contributed by atoms with van der Waals surface area (Å²) in [5.41, 5.74) is 6.29. The topological polar surface area (TPSA) is 50.4 Å². The summed E-state index contributed by atoms with van der Waals surface area (Å²) in [7, 11) is 0. The van der Waals surface area contributed by atoms with Gasteiger partial charge in [0, 0.05) is 29.5 Å². The first-order chi connectivity index (χ1) is 15.7. The van der Waals surface area contributed by atoms with Crippen molar-refractivity contribution in [1.82, 2.24) is 14.4 Å². The minimum Gasteiger partial charge on any atom is -0.493 e. The average molecular weight is 438 g/mol. The molecular weight excluding hydrogens is 414 g/mol. The molecule has 0 unspecified atom stereocenters. The highest BCUT2D eigenvalue weighted by Crippen LogP contribution is 2.28. The van der Waals surface area contributed by atoms with E-state index in [9.17, 15) is 5.11 Å². The fraction of sp³-hybridized carbons (Fsp3) is 0.111. The molecule has 3 aromatic carbocycles. The first kappa shape index (κ1) is 20.3. The van der Waals surface area contributed by atoms with Gasteiger partial charge in [0.05, 0.1) is 11.4 Å². The molecule has 0 aliphatic rings. The van der Waals surface area contributed by atoms with Crippen molar-refractivity contribution in [3.8, 4) is 17.1 Å². The molecule has 1 N–H and O–H groups in total. The summed E-state index contributed by atoms with van der Waals surface area (Å²) in [6.45, 7) is 0. The molecule has 0 radical (unpaired) electrons. The number of thioether (sulfide) groups is 1. The standard InChI is InChI=1S/C27H23N3OS/c1-32-22-14-8-11-20(15-22)17-24-27(31)30-18-25(21-12-6-3-7-13-21)28-23(26(30)29-24)16-19-9-4-2-5-10-19/h2-15,18,31H,16-17H2,1H3. The molecule has 2 heterocycles. The molecule has 0 amide bonds. The van der Waals surface area contributed by atoms with E-state index < -0.39 is 0 Å². The van der Waals surface area contributed by atoms with Crippen molar-refractivity contribution >= 4 is 17.4 Å². The van der Waals surface area contributed by atoms with Crippen LogP contribution in [0.3, 0.4) is 0 Å². The van der Waals surface area contributed by atoms with Crippen LogP contribution in [0.5, 0.6) is 5.88 Å². The number of hydrogen-bond donors (Lipinski definition) is 1. The van der Waals surface area contributed by atoms with E-state index in [0.29, 0.717) is 24.2 Å². The summed E-state index contributed by atoms with van der Waals surface area (Å²) < 4.78 is 1.78. The summed E-state index contributed by atoms with van der Waals surface area (Å²) in [6, 6.07) is 28.6. The molecule has 5 rings (SSSR count). The van der Waals surface area contributed by atoms with Gasteiger partial charge in [-0.1, -0.05) is 72.8 Å². The fourth-order valence-electron chi connectivity index (χ4n) is 3.89. The highest BCUT2D eigenvalue weighted by molar-refractivity contribution is 7.98. The molecule has 0 saturated carbocycles. The maximum atomic E-state index is 11.1. The van der Waals surface area contributed by atoms with Gasteiger partial charge < -0.3 is 5.11 Å². The summed E-state index contributed by atoms with van der Waals surface area (Å²) in [6.07, 6.45) is 5.15. The van der Waals surface area contributed by atoms with Crippen molar-refractivity contribution in [2.45, 2.75) is 17.7 Å². The number of aromatic nitrogens is 3. The lowest BCUT2D eigenvalue weighted by Crippen LogP contribution is -2.00. The SMILES string of the molecule is CSc1cccc(Cc2nc3c(Cc4ccccc4)nc(-c4ccccc4)cn3c2O)c1. The number of hydrogen-bond acceptors (Lipinski definition) is 4. The average Bonchev–Trinajstić information content (AvgIpc) is 3.16. The maximum Gasteiger partial charge on any atom is 0.219 e. The lowest BCUT2D eigenvalue weighted by atomic mass is 10.1. The van der Waals surface area contributed by atoms with Gasteiger partial charge in [-0.2, -0.15) is 0 Å². The quantitative estimate of drug-likeness (QED) is 0.331. The molecule has 32 heavy (non-hydrogen) atoms. The second-order valence-electron chi connectivity index (χ2n) is 7.71. The molecule has 5 heteroatoms. The van der Waals surface area contributed by atoms with E-state index in [1.807, 2.05) is 60.8 Å². The van der Waals surface area contributed by atoms with E-state index in [4.69, 9.17) is 9.97 Å². The Balaban J connectivity index is 1.63. The van der Waals surface area contributed by atoms with Crippen LogP contribution in [0.15, 0.2) is 96.0 Å². The summed E-state index contributed by atoms with van der Waals surface area (Å²) in [4.78, 5) is 11.0. The zero-order valence-corrected chi connectivity index (χ0v) is 18.6. The first-order valence-corrected chi connectivity index (χ1v) is 11.8. The van der Waals surface area contributed by atoms with Crippen molar-refractivity contribution in [1.29, 1.82) is 0 Å². The second kappa shape index (κ2) is 8.89. The minimum absolute atomic E-state index is 0.170. The van der Waals surface area contributed by atoms with E-state index in [2.05, 4.69) is 36.6 Å². The molecule has 0 fully saturated rings. The lowest BCUT2D eigenvalue weighted by Gasteiger charge is -2.08. The summed E-state index contributed by atoms with van der Waals surface area (Å²) in [5, 5.41) is 11.1. The number of fused-ring (bicyclic) bond motifs is 1. The van der Waals surface area contributed by atoms with Crippen LogP contribution in [-0.2, 0) is 12.8 Å². The largest absolute Gasteiger partial charge is 0.493 e. The molecule has 5 aromatic rings. The van der Waals surface area contributed by atoms with E-state index in [1.54, 1.807) is 16.2 Å². The normalized spacial score (nSPS) is 11.2. The highest BCUT2D eigenvalue weighted by Gasteiger charge is 2.18. The van der Waals surface area contributed by atoms with Crippen molar-refractivity contribution in [2.24, 2.45) is 0 Å². The zero-order valence-electron chi connectivity index (χ0n) is 17.8. The highest BCUT2D eigenvalue weighted by atomic mass is 32.2. The Hall–Kier alpha value is -3.57. The van der Waals surface area contributed by atoms with Crippen LogP contribution in [0.2, 0.25) is 0 Å². The molecule has 0 aliphatic heterocycles. The van der Waals surface area contributed by atoms with Gasteiger partial charge in [-0.15, -0.1) is 11.8 Å². The Labute approximate surface area is 191 Å². The van der Waals surface area contributed by atoms with Crippen molar-refractivity contribution < 1.29 is 5.11 Å². The first-order valence-electron chi connectivity index (χ1n) is 10.5. The van der Waals surface area contributed by atoms with Gasteiger partial charge in [0.25, 0.3) is 0 Å². The lowest BCUT2D eigenvalue weighted by molar-refractivity contribution is 0.442. The number of aromatic hydroxyl groups is 1. The molecule has 4 nitrogen and oxygen atoms in total. The van der Waals surface area contributed by atoms with E-state index in [0.717, 1.165) is 28.1 Å². The second-order valence-corrected chi connectivity index (χ2v) is 8.58. The minimum atomic E-state index is 0.170. The Morgan fingerprint density at radius 1 is 0.781 bits per heavy atom. The van der Waals surface area contributed by atoms with Gasteiger partial charge in [-0.05, 0) is 29.5 Å². The van der Waals surface area contributed by atoms with Crippen molar-refractivity contribution in [3.05, 3.63) is 114 Å². The third-order valence-corrected chi connectivity index (χ3v) is 6.24. The van der Waals surface area contributed by atoms with E-state index >= 15 is 0 Å². The smallest absolute Gasteiger partial charge is 0.219 e. The third kappa shape index (κ3) is 4.12. The number of imidazole rings is 1. The number of nitrogens with zero attached hydrogens (tertiary/aromatic N) is 3.